The van der Waals surface area contributed by atoms with Gasteiger partial charge in [0.15, 0.2) is 0 Å². The van der Waals surface area contributed by atoms with Gasteiger partial charge in [-0.3, -0.25) is 0 Å². The van der Waals surface area contributed by atoms with Crippen molar-refractivity contribution in [2.45, 2.75) is 24.0 Å². The maximum absolute atomic E-state index is 6.07. The van der Waals surface area contributed by atoms with Crippen LogP contribution in [-0.4, -0.2) is 38.4 Å². The van der Waals surface area contributed by atoms with E-state index in [4.69, 9.17) is 23.9 Å². The molecule has 31 heavy (non-hydrogen) atoms. The maximum atomic E-state index is 6.07. The highest BCUT2D eigenvalue weighted by molar-refractivity contribution is 5.64. The first-order chi connectivity index (χ1) is 15.1. The second-order valence-corrected chi connectivity index (χ2v) is 7.56. The van der Waals surface area contributed by atoms with E-state index in [-0.39, 0.29) is 0 Å². The van der Waals surface area contributed by atoms with Crippen molar-refractivity contribution in [1.82, 2.24) is 9.97 Å². The highest BCUT2D eigenvalue weighted by Crippen LogP contribution is 2.42. The molecule has 0 spiro atoms. The van der Waals surface area contributed by atoms with E-state index < -0.39 is 11.2 Å². The molecule has 0 radical (unpaired) electrons. The first kappa shape index (κ1) is 21.2. The van der Waals surface area contributed by atoms with Crippen molar-refractivity contribution in [1.29, 1.82) is 0 Å². The van der Waals surface area contributed by atoms with Crippen LogP contribution in [0.4, 0.5) is 0 Å². The molecule has 4 rings (SSSR count). The molecule has 2 aliphatic carbocycles. The van der Waals surface area contributed by atoms with Crippen LogP contribution in [0.15, 0.2) is 78.3 Å². The molecule has 0 amide bonds. The standard InChI is InChI=1S/C25H28N2O4/c1-28-19-10-14-24(30-3,15-11-19)22-21(18-8-6-5-7-9-18)26-23(27-22)25(31-4)16-12-20(29-2)13-17-25/h5-14,16H,15,17H2,1-4H3,(H,26,27). The van der Waals surface area contributed by atoms with Gasteiger partial charge in [0.25, 0.3) is 0 Å². The molecule has 0 fully saturated rings. The molecule has 1 aromatic carbocycles. The molecule has 0 saturated carbocycles. The Labute approximate surface area is 182 Å². The number of hydrogen-bond donors (Lipinski definition) is 1. The van der Waals surface area contributed by atoms with E-state index in [0.717, 1.165) is 34.3 Å². The van der Waals surface area contributed by atoms with Crippen molar-refractivity contribution >= 4 is 0 Å². The zero-order valence-corrected chi connectivity index (χ0v) is 18.3. The normalized spacial score (nSPS) is 25.2. The molecule has 6 heteroatoms. The molecule has 1 aromatic heterocycles. The molecular weight excluding hydrogens is 392 g/mol. The summed E-state index contributed by atoms with van der Waals surface area (Å²) in [5, 5.41) is 0. The molecule has 6 nitrogen and oxygen atoms in total. The van der Waals surface area contributed by atoms with Gasteiger partial charge in [-0.25, -0.2) is 4.98 Å². The van der Waals surface area contributed by atoms with E-state index in [2.05, 4.69) is 17.1 Å². The number of imidazole rings is 1. The second kappa shape index (κ2) is 8.57. The first-order valence-corrected chi connectivity index (χ1v) is 10.2. The molecule has 162 valence electrons. The number of methoxy groups -OCH3 is 4. The van der Waals surface area contributed by atoms with Gasteiger partial charge in [0.2, 0.25) is 0 Å². The summed E-state index contributed by atoms with van der Waals surface area (Å²) in [6.07, 6.45) is 13.1. The number of allylic oxidation sites excluding steroid dienone is 2. The molecule has 0 aliphatic heterocycles. The second-order valence-electron chi connectivity index (χ2n) is 7.56. The van der Waals surface area contributed by atoms with Crippen LogP contribution in [0.25, 0.3) is 11.3 Å². The number of aromatic amines is 1. The van der Waals surface area contributed by atoms with Crippen molar-refractivity contribution in [3.05, 3.63) is 89.8 Å². The van der Waals surface area contributed by atoms with E-state index in [1.165, 1.54) is 0 Å². The van der Waals surface area contributed by atoms with Gasteiger partial charge >= 0.3 is 0 Å². The predicted molar refractivity (Wildman–Crippen MR) is 119 cm³/mol. The van der Waals surface area contributed by atoms with E-state index >= 15 is 0 Å². The smallest absolute Gasteiger partial charge is 0.147 e. The summed E-state index contributed by atoms with van der Waals surface area (Å²) in [7, 11) is 6.74. The van der Waals surface area contributed by atoms with Gasteiger partial charge in [0.05, 0.1) is 25.6 Å². The summed E-state index contributed by atoms with van der Waals surface area (Å²) in [5.41, 5.74) is 1.31. The summed E-state index contributed by atoms with van der Waals surface area (Å²) in [4.78, 5) is 8.60. The lowest BCUT2D eigenvalue weighted by atomic mass is 9.88. The van der Waals surface area contributed by atoms with Crippen LogP contribution < -0.4 is 0 Å². The van der Waals surface area contributed by atoms with Gasteiger partial charge in [0, 0.05) is 32.6 Å². The van der Waals surface area contributed by atoms with Crippen LogP contribution in [0.1, 0.15) is 24.4 Å². The molecule has 2 atom stereocenters. The molecule has 1 N–H and O–H groups in total. The number of rotatable bonds is 7. The average molecular weight is 421 g/mol. The van der Waals surface area contributed by atoms with Gasteiger partial charge < -0.3 is 23.9 Å². The monoisotopic (exact) mass is 420 g/mol. The van der Waals surface area contributed by atoms with Crippen molar-refractivity contribution in [2.75, 3.05) is 28.4 Å². The Balaban J connectivity index is 1.85. The third-order valence-corrected chi connectivity index (χ3v) is 6.02. The fourth-order valence-corrected chi connectivity index (χ4v) is 4.06. The van der Waals surface area contributed by atoms with Crippen molar-refractivity contribution in [3.63, 3.8) is 0 Å². The average Bonchev–Trinajstić information content (AvgIpc) is 3.31. The molecular formula is C25H28N2O4. The minimum Gasteiger partial charge on any atom is -0.497 e. The Hall–Kier alpha value is -3.09. The van der Waals surface area contributed by atoms with Crippen LogP contribution in [0, 0.1) is 0 Å². The Morgan fingerprint density at radius 1 is 0.806 bits per heavy atom. The van der Waals surface area contributed by atoms with Crippen LogP contribution in [0.3, 0.4) is 0 Å². The fraction of sp³-hybridized carbons (Fsp3) is 0.320. The first-order valence-electron chi connectivity index (χ1n) is 10.2. The van der Waals surface area contributed by atoms with E-state index in [1.54, 1.807) is 28.4 Å². The number of aromatic nitrogens is 2. The minimum atomic E-state index is -0.718. The zero-order valence-electron chi connectivity index (χ0n) is 18.3. The molecule has 2 aromatic rings. The summed E-state index contributed by atoms with van der Waals surface area (Å²) >= 11 is 0. The summed E-state index contributed by atoms with van der Waals surface area (Å²) in [6, 6.07) is 10.1. The largest absolute Gasteiger partial charge is 0.497 e. The SMILES string of the molecule is COC1=CCC(OC)(c2nc(-c3ccccc3)c(C3(OC)C=CC(OC)=CC3)[nH]2)C=C1. The highest BCUT2D eigenvalue weighted by atomic mass is 16.5. The number of ether oxygens (including phenoxy) is 4. The van der Waals surface area contributed by atoms with Gasteiger partial charge in [-0.2, -0.15) is 0 Å². The number of benzene rings is 1. The molecule has 1 heterocycles. The van der Waals surface area contributed by atoms with E-state index in [0.29, 0.717) is 12.8 Å². The van der Waals surface area contributed by atoms with Crippen molar-refractivity contribution in [2.24, 2.45) is 0 Å². The summed E-state index contributed by atoms with van der Waals surface area (Å²) < 4.78 is 22.8. The number of hydrogen-bond acceptors (Lipinski definition) is 5. The highest BCUT2D eigenvalue weighted by Gasteiger charge is 2.40. The van der Waals surface area contributed by atoms with Crippen LogP contribution >= 0.6 is 0 Å². The number of nitrogens with zero attached hydrogens (tertiary/aromatic N) is 1. The molecule has 0 saturated heterocycles. The Bertz CT molecular complexity index is 1050. The third kappa shape index (κ3) is 3.73. The number of nitrogens with one attached hydrogen (secondary N) is 1. The minimum absolute atomic E-state index is 0.605. The van der Waals surface area contributed by atoms with Crippen LogP contribution in [0.2, 0.25) is 0 Å². The summed E-state index contributed by atoms with van der Waals surface area (Å²) in [5.74, 6) is 2.34. The van der Waals surface area contributed by atoms with E-state index in [1.807, 2.05) is 54.7 Å². The fourth-order valence-electron chi connectivity index (χ4n) is 4.06. The van der Waals surface area contributed by atoms with Gasteiger partial charge in [-0.05, 0) is 36.5 Å². The zero-order chi connectivity index (χ0) is 21.9. The van der Waals surface area contributed by atoms with Gasteiger partial charge in [0.1, 0.15) is 28.5 Å². The molecule has 2 aliphatic rings. The topological polar surface area (TPSA) is 65.6 Å². The Morgan fingerprint density at radius 3 is 1.87 bits per heavy atom. The van der Waals surface area contributed by atoms with E-state index in [9.17, 15) is 0 Å². The van der Waals surface area contributed by atoms with Crippen LogP contribution in [0.5, 0.6) is 0 Å². The summed E-state index contributed by atoms with van der Waals surface area (Å²) in [6.45, 7) is 0. The predicted octanol–water partition coefficient (Wildman–Crippen LogP) is 4.74. The lowest BCUT2D eigenvalue weighted by Crippen LogP contribution is -2.31. The third-order valence-electron chi connectivity index (χ3n) is 6.02. The van der Waals surface area contributed by atoms with Gasteiger partial charge in [-0.1, -0.05) is 30.3 Å². The van der Waals surface area contributed by atoms with Gasteiger partial charge in [-0.15, -0.1) is 0 Å². The molecule has 0 bridgehead atoms. The maximum Gasteiger partial charge on any atom is 0.147 e. The Kier molecular flexibility index (Phi) is 5.85. The lowest BCUT2D eigenvalue weighted by Gasteiger charge is -2.31. The van der Waals surface area contributed by atoms with Crippen molar-refractivity contribution < 1.29 is 18.9 Å². The quantitative estimate of drug-likeness (QED) is 0.701. The Morgan fingerprint density at radius 2 is 1.39 bits per heavy atom. The number of H-pyrrole nitrogens is 1. The lowest BCUT2D eigenvalue weighted by molar-refractivity contribution is 0.0168. The van der Waals surface area contributed by atoms with Crippen LogP contribution in [-0.2, 0) is 30.1 Å². The van der Waals surface area contributed by atoms with Crippen molar-refractivity contribution in [3.8, 4) is 11.3 Å². The molecule has 2 unspecified atom stereocenters.